The highest BCUT2D eigenvalue weighted by molar-refractivity contribution is 7.90. The molecular weight excluding hydrogens is 1010 g/mol. The van der Waals surface area contributed by atoms with Crippen molar-refractivity contribution in [3.05, 3.63) is 124 Å². The van der Waals surface area contributed by atoms with Crippen molar-refractivity contribution in [1.82, 2.24) is 25.0 Å². The Labute approximate surface area is 437 Å². The van der Waals surface area contributed by atoms with Crippen LogP contribution in [0.25, 0.3) is 0 Å². The molecular formula is C52H63N7O14S2. The predicted molar refractivity (Wildman–Crippen MR) is 277 cm³/mol. The second kappa shape index (κ2) is 22.2. The largest absolute Gasteiger partial charge is 0.457 e. The molecule has 75 heavy (non-hydrogen) atoms. The molecule has 6 aliphatic rings. The topological polar surface area (TPSA) is 252 Å². The standard InChI is InChI=1S/C52H63N7O14S2/c1-51(2)39-29-36(48(62)55(5)70-7)31-57(25-11-27-74(9,65)66)46(39)53-41(51)21-17-33-13-10-14-34(45(33)72-38-19-15-35(16-20-38)50(64)73-59-43(60)23-24-44(59)61)18-22-42-52(3,4)40-30-37(49(63)56(6)71-8)32-58(47(40)54-42)26-12-28-75(67,68)69/h15-22,29-32,46H,10-14,23-28H2,1-9H3,(H,67,68,69)/b21-17+,34-18+,42-22+. The zero-order valence-electron chi connectivity index (χ0n) is 43.5. The predicted octanol–water partition coefficient (Wildman–Crippen LogP) is 5.34. The molecule has 1 saturated heterocycles. The number of amides is 4. The van der Waals surface area contributed by atoms with Crippen LogP contribution in [0, 0.1) is 10.8 Å². The highest BCUT2D eigenvalue weighted by atomic mass is 32.2. The Kier molecular flexibility index (Phi) is 16.6. The molecule has 21 nitrogen and oxygen atoms in total. The number of fused-ring (bicyclic) bond motifs is 2. The number of nitrogens with zero attached hydrogens (tertiary/aromatic N) is 7. The molecule has 5 aliphatic heterocycles. The molecule has 1 atom stereocenters. The molecule has 1 unspecified atom stereocenters. The molecule has 1 N–H and O–H groups in total. The number of rotatable bonds is 19. The van der Waals surface area contributed by atoms with Crippen LogP contribution in [0.4, 0.5) is 0 Å². The third-order valence-electron chi connectivity index (χ3n) is 13.7. The highest BCUT2D eigenvalue weighted by Crippen LogP contribution is 2.46. The van der Waals surface area contributed by atoms with Gasteiger partial charge in [0, 0.05) is 80.8 Å². The Bertz CT molecular complexity index is 3090. The van der Waals surface area contributed by atoms with Crippen molar-refractivity contribution < 1.29 is 64.6 Å². The molecule has 1 aromatic carbocycles. The molecule has 7 rings (SSSR count). The lowest BCUT2D eigenvalue weighted by Gasteiger charge is -2.34. The average molecular weight is 1070 g/mol. The van der Waals surface area contributed by atoms with Gasteiger partial charge in [0.05, 0.1) is 48.1 Å². The number of likely N-dealkylation sites (N-methyl/N-ethyl adjacent to an activating group) is 2. The number of hydroxylamine groups is 6. The van der Waals surface area contributed by atoms with Gasteiger partial charge < -0.3 is 19.4 Å². The van der Waals surface area contributed by atoms with Crippen LogP contribution in [0.1, 0.15) is 83.0 Å². The fraction of sp³-hybridized carbons (Fsp3) is 0.442. The quantitative estimate of drug-likeness (QED) is 0.104. The number of hydrogen-bond acceptors (Lipinski definition) is 17. The Hall–Kier alpha value is -6.79. The smallest absolute Gasteiger partial charge is 0.363 e. The van der Waals surface area contributed by atoms with Crippen LogP contribution in [-0.4, -0.2) is 153 Å². The first-order valence-corrected chi connectivity index (χ1v) is 27.9. The third kappa shape index (κ3) is 12.7. The van der Waals surface area contributed by atoms with Crippen molar-refractivity contribution in [1.29, 1.82) is 0 Å². The lowest BCUT2D eigenvalue weighted by atomic mass is 9.78. The fourth-order valence-corrected chi connectivity index (χ4v) is 10.4. The van der Waals surface area contributed by atoms with Gasteiger partial charge in [0.15, 0.2) is 0 Å². The first-order valence-electron chi connectivity index (χ1n) is 24.3. The fourth-order valence-electron chi connectivity index (χ4n) is 9.24. The number of aliphatic imine (C=N–C) groups is 2. The van der Waals surface area contributed by atoms with E-state index in [-0.39, 0.29) is 48.6 Å². The van der Waals surface area contributed by atoms with Gasteiger partial charge in [-0.1, -0.05) is 39.8 Å². The first kappa shape index (κ1) is 55.9. The maximum absolute atomic E-state index is 13.5. The van der Waals surface area contributed by atoms with Crippen molar-refractivity contribution in [2.75, 3.05) is 59.2 Å². The second-order valence-electron chi connectivity index (χ2n) is 19.8. The number of amidine groups is 1. The molecule has 0 saturated carbocycles. The Balaban J connectivity index is 1.27. The number of carbonyl (C=O) groups is 5. The van der Waals surface area contributed by atoms with Gasteiger partial charge in [-0.05, 0) is 97.4 Å². The van der Waals surface area contributed by atoms with Crippen LogP contribution in [0.5, 0.6) is 5.75 Å². The first-order chi connectivity index (χ1) is 35.2. The maximum Gasteiger partial charge on any atom is 0.363 e. The van der Waals surface area contributed by atoms with Gasteiger partial charge in [-0.25, -0.2) is 28.3 Å². The van der Waals surface area contributed by atoms with E-state index < -0.39 is 66.4 Å². The van der Waals surface area contributed by atoms with E-state index in [0.29, 0.717) is 77.2 Å². The molecule has 0 aromatic heterocycles. The summed E-state index contributed by atoms with van der Waals surface area (Å²) in [6.07, 6.45) is 17.3. The van der Waals surface area contributed by atoms with Crippen LogP contribution in [0.15, 0.2) is 128 Å². The number of imide groups is 1. The molecule has 0 radical (unpaired) electrons. The molecule has 1 aliphatic carbocycles. The number of allylic oxidation sites excluding steroid dienone is 7. The summed E-state index contributed by atoms with van der Waals surface area (Å²) in [6, 6.07) is 6.07. The minimum absolute atomic E-state index is 0.0452. The zero-order valence-corrected chi connectivity index (χ0v) is 45.1. The molecule has 5 heterocycles. The normalized spacial score (nSPS) is 21.4. The van der Waals surface area contributed by atoms with E-state index in [9.17, 15) is 45.4 Å². The van der Waals surface area contributed by atoms with E-state index in [2.05, 4.69) is 0 Å². The molecule has 1 fully saturated rings. The summed E-state index contributed by atoms with van der Waals surface area (Å²) in [5, 5.41) is 2.68. The van der Waals surface area contributed by atoms with Gasteiger partial charge in [-0.2, -0.15) is 8.42 Å². The lowest BCUT2D eigenvalue weighted by Crippen LogP contribution is -2.38. The van der Waals surface area contributed by atoms with Crippen molar-refractivity contribution in [2.24, 2.45) is 20.8 Å². The minimum atomic E-state index is -4.26. The minimum Gasteiger partial charge on any atom is -0.457 e. The van der Waals surface area contributed by atoms with Gasteiger partial charge in [0.25, 0.3) is 33.7 Å². The number of sulfone groups is 1. The summed E-state index contributed by atoms with van der Waals surface area (Å²) in [7, 11) is -1.79. The van der Waals surface area contributed by atoms with E-state index in [1.165, 1.54) is 46.7 Å². The van der Waals surface area contributed by atoms with Gasteiger partial charge >= 0.3 is 5.97 Å². The van der Waals surface area contributed by atoms with Crippen LogP contribution in [-0.2, 0) is 53.6 Å². The van der Waals surface area contributed by atoms with E-state index in [0.717, 1.165) is 26.8 Å². The molecule has 402 valence electrons. The monoisotopic (exact) mass is 1070 g/mol. The van der Waals surface area contributed by atoms with Gasteiger partial charge in [-0.3, -0.25) is 38.4 Å². The molecule has 0 spiro atoms. The van der Waals surface area contributed by atoms with Gasteiger partial charge in [0.1, 0.15) is 33.3 Å². The lowest BCUT2D eigenvalue weighted by molar-refractivity contribution is -0.172. The van der Waals surface area contributed by atoms with E-state index in [1.54, 1.807) is 35.5 Å². The SMILES string of the molecule is CON(C)C(=O)C1=CN(CCCS(=O)(=O)O)C2=N/C(=C/C=C3\CCCC(/C=C/C4=NC5C(=CC(C(=O)N(C)OC)=CN5CCCS(C)(=O)=O)C4(C)C)=C3Oc3ccc(C(=O)ON4C(=O)CCC4=O)cc3)C(C)(C)C2=C1. The number of carbonyl (C=O) groups excluding carboxylic acids is 5. The Morgan fingerprint density at radius 3 is 2.05 bits per heavy atom. The van der Waals surface area contributed by atoms with Crippen LogP contribution >= 0.6 is 0 Å². The van der Waals surface area contributed by atoms with Crippen molar-refractivity contribution >= 4 is 61.1 Å². The van der Waals surface area contributed by atoms with E-state index >= 15 is 0 Å². The Morgan fingerprint density at radius 2 is 1.44 bits per heavy atom. The van der Waals surface area contributed by atoms with Gasteiger partial charge in [-0.15, -0.1) is 5.06 Å². The molecule has 1 aromatic rings. The molecule has 23 heteroatoms. The third-order valence-corrected chi connectivity index (χ3v) is 15.5. The van der Waals surface area contributed by atoms with E-state index in [4.69, 9.17) is 29.2 Å². The number of ether oxygens (including phenoxy) is 1. The summed E-state index contributed by atoms with van der Waals surface area (Å²) < 4.78 is 63.8. The molecule has 0 bridgehead atoms. The van der Waals surface area contributed by atoms with Crippen molar-refractivity contribution in [2.45, 2.75) is 78.8 Å². The maximum atomic E-state index is 13.5. The summed E-state index contributed by atoms with van der Waals surface area (Å²) in [5.74, 6) is -2.11. The number of hydrogen-bond donors (Lipinski definition) is 1. The summed E-state index contributed by atoms with van der Waals surface area (Å²) in [4.78, 5) is 93.5. The Morgan fingerprint density at radius 1 is 0.813 bits per heavy atom. The van der Waals surface area contributed by atoms with Crippen molar-refractivity contribution in [3.63, 3.8) is 0 Å². The summed E-state index contributed by atoms with van der Waals surface area (Å²) in [6.45, 7) is 8.37. The highest BCUT2D eigenvalue weighted by Gasteiger charge is 2.45. The van der Waals surface area contributed by atoms with Crippen LogP contribution in [0.2, 0.25) is 0 Å². The second-order valence-corrected chi connectivity index (χ2v) is 23.6. The van der Waals surface area contributed by atoms with Crippen LogP contribution in [0.3, 0.4) is 0 Å². The van der Waals surface area contributed by atoms with Crippen LogP contribution < -0.4 is 4.74 Å². The van der Waals surface area contributed by atoms with E-state index in [1.807, 2.05) is 63.0 Å². The van der Waals surface area contributed by atoms with Gasteiger partial charge in [0.2, 0.25) is 0 Å². The molecule has 4 amide bonds. The number of benzene rings is 1. The average Bonchev–Trinajstić information content (AvgIpc) is 3.92. The summed E-state index contributed by atoms with van der Waals surface area (Å²) in [5.41, 5.74) is 3.68. The van der Waals surface area contributed by atoms with Crippen molar-refractivity contribution in [3.8, 4) is 5.75 Å². The zero-order chi connectivity index (χ0) is 54.8. The summed E-state index contributed by atoms with van der Waals surface area (Å²) >= 11 is 0.